The molecule has 0 aliphatic heterocycles. The molecular formula is C64H78Cl2SiZr-4. The minimum atomic E-state index is 0. The molecule has 0 nitrogen and oxygen atoms in total. The van der Waals surface area contributed by atoms with Gasteiger partial charge in [-0.1, -0.05) is 200 Å². The molecule has 0 unspecified atom stereocenters. The van der Waals surface area contributed by atoms with E-state index in [0.717, 1.165) is 0 Å². The summed E-state index contributed by atoms with van der Waals surface area (Å²) in [6, 6.07) is 54.7. The molecule has 2 saturated carbocycles. The molecule has 2 aliphatic rings. The normalized spacial score (nSPS) is 15.8. The topological polar surface area (TPSA) is 0 Å². The van der Waals surface area contributed by atoms with Crippen LogP contribution in [0.3, 0.4) is 0 Å². The first-order valence-corrected chi connectivity index (χ1v) is 29.3. The fourth-order valence-corrected chi connectivity index (χ4v) is 11.9. The maximum atomic E-state index is 3.06. The first-order chi connectivity index (χ1) is 31.5. The van der Waals surface area contributed by atoms with Crippen molar-refractivity contribution in [1.29, 1.82) is 0 Å². The van der Waals surface area contributed by atoms with E-state index in [-0.39, 0.29) is 39.7 Å². The van der Waals surface area contributed by atoms with Gasteiger partial charge in [-0.25, -0.2) is 0 Å². The van der Waals surface area contributed by atoms with Gasteiger partial charge in [-0.15, -0.1) is 93.9 Å². The van der Waals surface area contributed by atoms with Gasteiger partial charge in [0.1, 0.15) is 0 Å². The third kappa shape index (κ3) is 14.0. The zero-order valence-corrected chi connectivity index (χ0v) is 46.9. The Hall–Kier alpha value is -3.26. The molecule has 0 bridgehead atoms. The molecular weight excluding hydrogens is 959 g/mol. The molecule has 2 radical (unpaired) electrons. The fourth-order valence-electron chi connectivity index (χ4n) is 11.9. The minimum absolute atomic E-state index is 0. The van der Waals surface area contributed by atoms with E-state index < -0.39 is 0 Å². The Morgan fingerprint density at radius 1 is 0.412 bits per heavy atom. The van der Waals surface area contributed by atoms with Gasteiger partial charge in [-0.3, -0.25) is 0 Å². The van der Waals surface area contributed by atoms with Gasteiger partial charge in [0.2, 0.25) is 0 Å². The van der Waals surface area contributed by atoms with Crippen LogP contribution in [0.4, 0.5) is 0 Å². The summed E-state index contributed by atoms with van der Waals surface area (Å²) in [5, 5.41) is 10.9. The van der Waals surface area contributed by atoms with Crippen LogP contribution in [0.5, 0.6) is 0 Å². The van der Waals surface area contributed by atoms with Crippen LogP contribution in [-0.2, 0) is 36.2 Å². The van der Waals surface area contributed by atoms with Crippen molar-refractivity contribution < 1.29 is 23.3 Å². The van der Waals surface area contributed by atoms with Crippen molar-refractivity contribution in [2.75, 3.05) is 0 Å². The van der Waals surface area contributed by atoms with Crippen LogP contribution in [0.15, 0.2) is 146 Å². The van der Waals surface area contributed by atoms with Gasteiger partial charge in [-0.05, 0) is 94.2 Å². The summed E-state index contributed by atoms with van der Waals surface area (Å²) in [5.74, 6) is 0. The molecule has 8 aromatic carbocycles. The van der Waals surface area contributed by atoms with Crippen LogP contribution in [0, 0.1) is 25.7 Å². The van der Waals surface area contributed by atoms with Gasteiger partial charge in [0.15, 0.2) is 0 Å². The van der Waals surface area contributed by atoms with E-state index in [0.29, 0.717) is 10.8 Å². The van der Waals surface area contributed by atoms with E-state index in [4.69, 9.17) is 0 Å². The first kappa shape index (κ1) is 57.3. The second-order valence-electron chi connectivity index (χ2n) is 19.8. The molecule has 0 saturated heterocycles. The van der Waals surface area contributed by atoms with E-state index in [9.17, 15) is 0 Å². The van der Waals surface area contributed by atoms with E-state index >= 15 is 0 Å². The molecule has 0 atom stereocenters. The Balaban J connectivity index is 0.000000271. The Bertz CT molecular complexity index is 2530. The summed E-state index contributed by atoms with van der Waals surface area (Å²) in [5.41, 5.74) is 9.48. The standard InChI is InChI=1S/2C31H35.2CH3.2ClH.Si.Zr/c2*1-2-31(18-9-5-3-4-6-10-19-31)23-24-20-27-14-11-15-29(30(27)21-24)28-17-16-25-12-7-8-13-26(25)22-28;;;;;;/h2*7-8,11-17,20-22H,2-6,9-10,18-19,23H2,1H3;2*1H3;2*1H;;/q4*-1;;;;. The molecule has 0 heterocycles. The average Bonchev–Trinajstić information content (AvgIpc) is 4.01. The van der Waals surface area contributed by atoms with Crippen molar-refractivity contribution in [3.8, 4) is 22.3 Å². The number of hydrogen-bond acceptors (Lipinski definition) is 0. The van der Waals surface area contributed by atoms with E-state index in [1.165, 1.54) is 217 Å². The number of benzene rings is 6. The van der Waals surface area contributed by atoms with E-state index in [2.05, 4.69) is 166 Å². The Morgan fingerprint density at radius 2 is 0.750 bits per heavy atom. The molecule has 0 spiro atoms. The SMILES string of the molecule is CCC1(Cc2cc3c(-c4ccc5ccccc5c4)cccc3[cH-]2)CCCCCCCC1.CCC1(Cc2cc3c(-c4ccc5ccccc5c4)cccc3[cH-]2)CCCCCCCC1.Cl.Cl.[CH3-].[CH3-].[Si]=[Zr]. The van der Waals surface area contributed by atoms with Gasteiger partial charge >= 0.3 is 30.2 Å². The van der Waals surface area contributed by atoms with E-state index in [1.807, 2.05) is 0 Å². The predicted molar refractivity (Wildman–Crippen MR) is 305 cm³/mol. The number of hydrogen-bond donors (Lipinski definition) is 0. The van der Waals surface area contributed by atoms with Gasteiger partial charge in [-0.2, -0.15) is 12.1 Å². The Morgan fingerprint density at radius 3 is 1.10 bits per heavy atom. The fraction of sp³-hybridized carbons (Fsp3) is 0.375. The van der Waals surface area contributed by atoms with Crippen molar-refractivity contribution in [1.82, 2.24) is 0 Å². The van der Waals surface area contributed by atoms with Crippen molar-refractivity contribution in [2.45, 2.75) is 142 Å². The van der Waals surface area contributed by atoms with Crippen molar-refractivity contribution in [3.63, 3.8) is 0 Å². The number of halogens is 2. The Kier molecular flexibility index (Phi) is 23.6. The molecule has 8 aromatic rings. The second kappa shape index (κ2) is 28.0. The van der Waals surface area contributed by atoms with Gasteiger partial charge in [0.05, 0.1) is 0 Å². The number of rotatable bonds is 8. The van der Waals surface area contributed by atoms with Gasteiger partial charge in [0.25, 0.3) is 0 Å². The zero-order chi connectivity index (χ0) is 44.2. The van der Waals surface area contributed by atoms with Crippen molar-refractivity contribution in [2.24, 2.45) is 10.8 Å². The summed E-state index contributed by atoms with van der Waals surface area (Å²) in [7, 11) is 0. The molecule has 0 amide bonds. The summed E-state index contributed by atoms with van der Waals surface area (Å²) >= 11 is 1.36. The molecule has 0 N–H and O–H groups in total. The van der Waals surface area contributed by atoms with Crippen LogP contribution in [-0.4, -0.2) is 6.88 Å². The Labute approximate surface area is 441 Å². The second-order valence-corrected chi connectivity index (χ2v) is 19.8. The van der Waals surface area contributed by atoms with Crippen LogP contribution in [0.1, 0.15) is 141 Å². The maximum absolute atomic E-state index is 3.06. The summed E-state index contributed by atoms with van der Waals surface area (Å²) in [6.45, 7) is 7.93. The third-order valence-electron chi connectivity index (χ3n) is 15.7. The van der Waals surface area contributed by atoms with E-state index in [1.54, 1.807) is 11.1 Å². The van der Waals surface area contributed by atoms with Gasteiger partial charge < -0.3 is 14.9 Å². The average molecular weight is 1040 g/mol. The summed E-state index contributed by atoms with van der Waals surface area (Å²) < 4.78 is 0. The van der Waals surface area contributed by atoms with Crippen LogP contribution in [0.2, 0.25) is 0 Å². The van der Waals surface area contributed by atoms with Crippen LogP contribution >= 0.6 is 24.8 Å². The first-order valence-electron chi connectivity index (χ1n) is 25.1. The van der Waals surface area contributed by atoms with Crippen LogP contribution in [0.25, 0.3) is 65.3 Å². The third-order valence-corrected chi connectivity index (χ3v) is 15.7. The monoisotopic (exact) mass is 1030 g/mol. The van der Waals surface area contributed by atoms with Crippen molar-refractivity contribution >= 4 is 74.8 Å². The molecule has 0 aromatic heterocycles. The molecule has 4 heteroatoms. The summed E-state index contributed by atoms with van der Waals surface area (Å²) in [6.07, 6.45) is 27.9. The van der Waals surface area contributed by atoms with Gasteiger partial charge in [0, 0.05) is 0 Å². The van der Waals surface area contributed by atoms with Crippen LogP contribution < -0.4 is 0 Å². The molecule has 68 heavy (non-hydrogen) atoms. The van der Waals surface area contributed by atoms with Crippen molar-refractivity contribution in [3.05, 3.63) is 172 Å². The predicted octanol–water partition coefficient (Wildman–Crippen LogP) is 20.3. The zero-order valence-electron chi connectivity index (χ0n) is 41.8. The molecule has 10 rings (SSSR count). The quantitative estimate of drug-likeness (QED) is 0.105. The molecule has 2 aliphatic carbocycles. The molecule has 360 valence electrons. The number of fused-ring (bicyclic) bond motifs is 4. The summed E-state index contributed by atoms with van der Waals surface area (Å²) in [4.78, 5) is 0. The molecule has 2 fully saturated rings.